The summed E-state index contributed by atoms with van der Waals surface area (Å²) in [5.41, 5.74) is 0.164. The van der Waals surface area contributed by atoms with Gasteiger partial charge in [-0.05, 0) is 93.3 Å². The van der Waals surface area contributed by atoms with Gasteiger partial charge in [-0.3, -0.25) is 4.79 Å². The second-order valence-electron chi connectivity index (χ2n) is 11.7. The molecule has 1 heterocycles. The molecule has 5 rings (SSSR count). The van der Waals surface area contributed by atoms with Crippen molar-refractivity contribution < 1.29 is 19.4 Å². The van der Waals surface area contributed by atoms with Crippen molar-refractivity contribution in [3.05, 3.63) is 0 Å². The summed E-state index contributed by atoms with van der Waals surface area (Å²) in [7, 11) is 0. The third-order valence-corrected chi connectivity index (χ3v) is 9.87. The molecule has 4 aliphatic carbocycles. The van der Waals surface area contributed by atoms with E-state index in [0.29, 0.717) is 42.5 Å². The number of ketones is 1. The first kappa shape index (κ1) is 19.5. The van der Waals surface area contributed by atoms with Crippen LogP contribution in [0.4, 0.5) is 0 Å². The average Bonchev–Trinajstić information content (AvgIpc) is 3.13. The molecule has 1 saturated heterocycles. The van der Waals surface area contributed by atoms with Gasteiger partial charge in [0.1, 0.15) is 5.78 Å². The van der Waals surface area contributed by atoms with E-state index in [4.69, 9.17) is 9.47 Å². The first-order valence-electron chi connectivity index (χ1n) is 11.7. The van der Waals surface area contributed by atoms with Crippen molar-refractivity contribution >= 4 is 5.78 Å². The van der Waals surface area contributed by atoms with Crippen molar-refractivity contribution in [2.24, 2.45) is 40.4 Å². The third-order valence-electron chi connectivity index (χ3n) is 9.87. The summed E-state index contributed by atoms with van der Waals surface area (Å²) in [5.74, 6) is 2.36. The molecule has 5 aliphatic rings. The van der Waals surface area contributed by atoms with E-state index < -0.39 is 5.79 Å². The smallest absolute Gasteiger partial charge is 0.163 e. The van der Waals surface area contributed by atoms with Crippen molar-refractivity contribution in [2.75, 3.05) is 6.61 Å². The minimum absolute atomic E-state index is 0.0596. The fraction of sp³-hybridized carbons (Fsp3) is 0.958. The lowest BCUT2D eigenvalue weighted by Gasteiger charge is -2.60. The van der Waals surface area contributed by atoms with Crippen LogP contribution in [0.2, 0.25) is 0 Å². The molecular weight excluding hydrogens is 352 g/mol. The van der Waals surface area contributed by atoms with E-state index >= 15 is 0 Å². The van der Waals surface area contributed by atoms with Crippen LogP contribution < -0.4 is 0 Å². The molecule has 0 aromatic rings. The highest BCUT2D eigenvalue weighted by atomic mass is 16.7. The topological polar surface area (TPSA) is 55.8 Å². The highest BCUT2D eigenvalue weighted by Gasteiger charge is 2.64. The highest BCUT2D eigenvalue weighted by Crippen LogP contribution is 2.67. The summed E-state index contributed by atoms with van der Waals surface area (Å²) >= 11 is 0. The Labute approximate surface area is 169 Å². The van der Waals surface area contributed by atoms with Gasteiger partial charge in [-0.2, -0.15) is 0 Å². The Balaban J connectivity index is 1.43. The number of fused-ring (bicyclic) bond motifs is 5. The van der Waals surface area contributed by atoms with Crippen LogP contribution in [0.5, 0.6) is 0 Å². The minimum Gasteiger partial charge on any atom is -0.393 e. The standard InChI is InChI=1S/C24H38O4/c1-22(2)27-13-20(28-22)18-8-7-17-16-6-5-14-11-15(25)9-10-23(14,3)21(16)19(26)12-24(17,18)4/h14-18,20-21,25H,5-13H2,1-4H3/t14-,15-,16+,17-,18+,20-,21+,23+,24+/m1/s1. The molecule has 158 valence electrons. The van der Waals surface area contributed by atoms with Crippen molar-refractivity contribution in [2.45, 2.75) is 97.1 Å². The Kier molecular flexibility index (Phi) is 4.37. The van der Waals surface area contributed by atoms with Crippen molar-refractivity contribution in [1.29, 1.82) is 0 Å². The van der Waals surface area contributed by atoms with Gasteiger partial charge in [-0.1, -0.05) is 13.8 Å². The molecule has 0 aromatic carbocycles. The number of carbonyl (C=O) groups is 1. The van der Waals surface area contributed by atoms with Crippen LogP contribution in [-0.2, 0) is 14.3 Å². The van der Waals surface area contributed by atoms with Crippen molar-refractivity contribution in [3.8, 4) is 0 Å². The zero-order chi connectivity index (χ0) is 19.9. The number of Topliss-reactive ketones (excluding diaryl/α,β-unsaturated/α-hetero) is 1. The number of ether oxygens (including phenoxy) is 2. The van der Waals surface area contributed by atoms with Gasteiger partial charge >= 0.3 is 0 Å². The number of carbonyl (C=O) groups excluding carboxylic acids is 1. The van der Waals surface area contributed by atoms with E-state index in [9.17, 15) is 9.90 Å². The predicted octanol–water partition coefficient (Wildman–Crippen LogP) is 4.34. The molecule has 1 N–H and O–H groups in total. The molecule has 9 atom stereocenters. The fourth-order valence-electron chi connectivity index (χ4n) is 8.61. The first-order valence-corrected chi connectivity index (χ1v) is 11.7. The van der Waals surface area contributed by atoms with Crippen LogP contribution >= 0.6 is 0 Å². The van der Waals surface area contributed by atoms with E-state index in [0.717, 1.165) is 19.3 Å². The van der Waals surface area contributed by atoms with Gasteiger partial charge in [0.2, 0.25) is 0 Å². The van der Waals surface area contributed by atoms with Gasteiger partial charge in [0, 0.05) is 12.3 Å². The van der Waals surface area contributed by atoms with E-state index in [1.54, 1.807) is 0 Å². The maximum absolute atomic E-state index is 13.7. The van der Waals surface area contributed by atoms with E-state index in [1.807, 2.05) is 13.8 Å². The van der Waals surface area contributed by atoms with Crippen molar-refractivity contribution in [3.63, 3.8) is 0 Å². The van der Waals surface area contributed by atoms with Gasteiger partial charge in [0.25, 0.3) is 0 Å². The highest BCUT2D eigenvalue weighted by molar-refractivity contribution is 5.84. The largest absolute Gasteiger partial charge is 0.393 e. The summed E-state index contributed by atoms with van der Waals surface area (Å²) in [6.45, 7) is 9.44. The van der Waals surface area contributed by atoms with Gasteiger partial charge < -0.3 is 14.6 Å². The molecule has 0 spiro atoms. The van der Waals surface area contributed by atoms with Crippen LogP contribution in [-0.4, -0.2) is 35.5 Å². The Morgan fingerprint density at radius 3 is 2.43 bits per heavy atom. The molecule has 0 bridgehead atoms. The Morgan fingerprint density at radius 1 is 0.964 bits per heavy atom. The monoisotopic (exact) mass is 390 g/mol. The lowest BCUT2D eigenvalue weighted by molar-refractivity contribution is -0.170. The molecule has 4 heteroatoms. The van der Waals surface area contributed by atoms with E-state index in [2.05, 4.69) is 13.8 Å². The molecule has 4 saturated carbocycles. The summed E-state index contributed by atoms with van der Waals surface area (Å²) < 4.78 is 12.2. The summed E-state index contributed by atoms with van der Waals surface area (Å²) in [6, 6.07) is 0. The Morgan fingerprint density at radius 2 is 1.71 bits per heavy atom. The minimum atomic E-state index is -0.491. The molecular formula is C24H38O4. The normalized spacial score (nSPS) is 55.5. The number of aliphatic hydroxyl groups excluding tert-OH is 1. The van der Waals surface area contributed by atoms with Crippen molar-refractivity contribution in [1.82, 2.24) is 0 Å². The number of hydrogen-bond acceptors (Lipinski definition) is 4. The quantitative estimate of drug-likeness (QED) is 0.724. The molecule has 0 amide bonds. The van der Waals surface area contributed by atoms with Crippen LogP contribution in [0, 0.1) is 40.4 Å². The zero-order valence-electron chi connectivity index (χ0n) is 18.1. The zero-order valence-corrected chi connectivity index (χ0v) is 18.1. The van der Waals surface area contributed by atoms with Crippen LogP contribution in [0.25, 0.3) is 0 Å². The molecule has 5 fully saturated rings. The summed E-state index contributed by atoms with van der Waals surface area (Å²) in [6.07, 6.45) is 8.25. The van der Waals surface area contributed by atoms with E-state index in [-0.39, 0.29) is 29.0 Å². The molecule has 4 nitrogen and oxygen atoms in total. The first-order chi connectivity index (χ1) is 13.1. The van der Waals surface area contributed by atoms with Gasteiger partial charge in [0.15, 0.2) is 5.79 Å². The second-order valence-corrected chi connectivity index (χ2v) is 11.7. The third kappa shape index (κ3) is 2.70. The number of hydrogen-bond donors (Lipinski definition) is 1. The lowest BCUT2D eigenvalue weighted by Crippen LogP contribution is -2.58. The fourth-order valence-corrected chi connectivity index (χ4v) is 8.61. The van der Waals surface area contributed by atoms with Crippen LogP contribution in [0.15, 0.2) is 0 Å². The molecule has 0 radical (unpaired) electrons. The predicted molar refractivity (Wildman–Crippen MR) is 107 cm³/mol. The second kappa shape index (κ2) is 6.28. The van der Waals surface area contributed by atoms with Gasteiger partial charge in [0.05, 0.1) is 18.8 Å². The molecule has 0 aromatic heterocycles. The number of aliphatic hydroxyl groups is 1. The molecule has 28 heavy (non-hydrogen) atoms. The SMILES string of the molecule is CC1(C)OC[C@H]([C@@H]2CC[C@@H]3[C@@H]4CC[C@@H]5C[C@H](O)CC[C@]5(C)[C@@H]4C(=O)C[C@@]32C)O1. The average molecular weight is 391 g/mol. The van der Waals surface area contributed by atoms with Crippen LogP contribution in [0.3, 0.4) is 0 Å². The maximum Gasteiger partial charge on any atom is 0.163 e. The van der Waals surface area contributed by atoms with Crippen LogP contribution in [0.1, 0.15) is 79.1 Å². The Bertz CT molecular complexity index is 659. The lowest BCUT2D eigenvalue weighted by atomic mass is 9.44. The summed E-state index contributed by atoms with van der Waals surface area (Å²) in [4.78, 5) is 13.7. The van der Waals surface area contributed by atoms with Gasteiger partial charge in [-0.25, -0.2) is 0 Å². The summed E-state index contributed by atoms with van der Waals surface area (Å²) in [5, 5.41) is 10.2. The van der Waals surface area contributed by atoms with E-state index in [1.165, 1.54) is 25.7 Å². The Hall–Kier alpha value is -0.450. The maximum atomic E-state index is 13.7. The molecule has 1 aliphatic heterocycles. The van der Waals surface area contributed by atoms with Gasteiger partial charge in [-0.15, -0.1) is 0 Å². The number of rotatable bonds is 1. The molecule has 0 unspecified atom stereocenters.